The summed E-state index contributed by atoms with van der Waals surface area (Å²) in [7, 11) is 0. The Bertz CT molecular complexity index is 244. The van der Waals surface area contributed by atoms with E-state index >= 15 is 0 Å². The molecule has 1 unspecified atom stereocenters. The summed E-state index contributed by atoms with van der Waals surface area (Å²) in [6.07, 6.45) is 1.60. The molecule has 4 heteroatoms. The van der Waals surface area contributed by atoms with Crippen molar-refractivity contribution in [1.82, 2.24) is 10.6 Å². The van der Waals surface area contributed by atoms with E-state index in [1.54, 1.807) is 6.20 Å². The molecule has 1 fully saturated rings. The number of amides is 2. The lowest BCUT2D eigenvalue weighted by Crippen LogP contribution is -2.26. The topological polar surface area (TPSA) is 58.2 Å². The molecular weight excluding hydrogens is 132 g/mol. The zero-order valence-corrected chi connectivity index (χ0v) is 5.18. The van der Waals surface area contributed by atoms with Crippen LogP contribution in [0.1, 0.15) is 0 Å². The second-order valence-electron chi connectivity index (χ2n) is 2.38. The third-order valence-corrected chi connectivity index (χ3v) is 1.77. The summed E-state index contributed by atoms with van der Waals surface area (Å²) in [5.41, 5.74) is 0.574. The zero-order chi connectivity index (χ0) is 7.14. The van der Waals surface area contributed by atoms with Crippen LogP contribution in [0.4, 0.5) is 0 Å². The van der Waals surface area contributed by atoms with Gasteiger partial charge in [-0.15, -0.1) is 0 Å². The molecule has 0 aliphatic carbocycles. The lowest BCUT2D eigenvalue weighted by Gasteiger charge is -1.95. The number of nitrogens with one attached hydrogen (secondary N) is 2. The summed E-state index contributed by atoms with van der Waals surface area (Å²) >= 11 is 0. The van der Waals surface area contributed by atoms with Crippen molar-refractivity contribution in [2.24, 2.45) is 5.92 Å². The number of hydrogen-bond donors (Lipinski definition) is 2. The summed E-state index contributed by atoms with van der Waals surface area (Å²) < 4.78 is 0. The predicted molar refractivity (Wildman–Crippen MR) is 32.7 cm³/mol. The van der Waals surface area contributed by atoms with Gasteiger partial charge in [0, 0.05) is 18.3 Å². The van der Waals surface area contributed by atoms with Crippen molar-refractivity contribution in [3.63, 3.8) is 0 Å². The van der Waals surface area contributed by atoms with Crippen LogP contribution < -0.4 is 10.6 Å². The van der Waals surface area contributed by atoms with E-state index in [0.29, 0.717) is 12.1 Å². The van der Waals surface area contributed by atoms with Gasteiger partial charge in [0.2, 0.25) is 5.91 Å². The largest absolute Gasteiger partial charge is 0.389 e. The zero-order valence-electron chi connectivity index (χ0n) is 5.18. The molecule has 0 aromatic heterocycles. The molecule has 2 aliphatic rings. The van der Waals surface area contributed by atoms with Crippen molar-refractivity contribution in [3.8, 4) is 0 Å². The molecule has 0 bridgehead atoms. The highest BCUT2D eigenvalue weighted by Gasteiger charge is 2.38. The minimum absolute atomic E-state index is 0.179. The van der Waals surface area contributed by atoms with Gasteiger partial charge in [-0.25, -0.2) is 0 Å². The summed E-state index contributed by atoms with van der Waals surface area (Å²) in [5, 5.41) is 5.07. The van der Waals surface area contributed by atoms with E-state index < -0.39 is 0 Å². The standard InChI is InChI=1S/C6H6N2O2/c9-5-3-1-7-2-4(3)6(10)8-5/h1,4,7H,2H2,(H,8,9,10). The van der Waals surface area contributed by atoms with Gasteiger partial charge in [-0.05, 0) is 0 Å². The molecular formula is C6H6N2O2. The van der Waals surface area contributed by atoms with Crippen molar-refractivity contribution in [3.05, 3.63) is 11.8 Å². The molecule has 0 aromatic carbocycles. The molecule has 0 spiro atoms. The van der Waals surface area contributed by atoms with Crippen molar-refractivity contribution < 1.29 is 9.59 Å². The molecule has 10 heavy (non-hydrogen) atoms. The Balaban J connectivity index is 2.41. The smallest absolute Gasteiger partial charge is 0.256 e. The van der Waals surface area contributed by atoms with Crippen LogP contribution in [-0.4, -0.2) is 18.4 Å². The number of imide groups is 1. The average Bonchev–Trinajstić information content (AvgIpc) is 2.39. The summed E-state index contributed by atoms with van der Waals surface area (Å²) in [6, 6.07) is 0. The van der Waals surface area contributed by atoms with Gasteiger partial charge in [0.25, 0.3) is 5.91 Å². The third kappa shape index (κ3) is 0.504. The fourth-order valence-electron chi connectivity index (χ4n) is 1.23. The number of carbonyl (C=O) groups excluding carboxylic acids is 2. The van der Waals surface area contributed by atoms with Gasteiger partial charge >= 0.3 is 0 Å². The number of hydrogen-bond acceptors (Lipinski definition) is 3. The lowest BCUT2D eigenvalue weighted by molar-refractivity contribution is -0.125. The molecule has 4 nitrogen and oxygen atoms in total. The maximum absolute atomic E-state index is 10.9. The SMILES string of the molecule is O=C1NC(=O)C2CNC=C12. The van der Waals surface area contributed by atoms with Crippen LogP contribution in [0, 0.1) is 5.92 Å². The van der Waals surface area contributed by atoms with Crippen LogP contribution in [0.5, 0.6) is 0 Å². The number of fused-ring (bicyclic) bond motifs is 1. The highest BCUT2D eigenvalue weighted by atomic mass is 16.2. The van der Waals surface area contributed by atoms with Crippen LogP contribution in [0.3, 0.4) is 0 Å². The van der Waals surface area contributed by atoms with Gasteiger partial charge in [-0.1, -0.05) is 0 Å². The highest BCUT2D eigenvalue weighted by molar-refractivity contribution is 6.15. The Morgan fingerprint density at radius 3 is 3.00 bits per heavy atom. The van der Waals surface area contributed by atoms with Crippen molar-refractivity contribution in [2.75, 3.05) is 6.54 Å². The summed E-state index contributed by atoms with van der Waals surface area (Å²) in [5.74, 6) is -0.659. The molecule has 0 radical (unpaired) electrons. The van der Waals surface area contributed by atoms with Crippen LogP contribution in [0.15, 0.2) is 11.8 Å². The molecule has 0 aromatic rings. The van der Waals surface area contributed by atoms with Crippen LogP contribution in [0.25, 0.3) is 0 Å². The third-order valence-electron chi connectivity index (χ3n) is 1.77. The van der Waals surface area contributed by atoms with E-state index in [4.69, 9.17) is 0 Å². The van der Waals surface area contributed by atoms with Gasteiger partial charge in [0.15, 0.2) is 0 Å². The van der Waals surface area contributed by atoms with Gasteiger partial charge in [-0.3, -0.25) is 14.9 Å². The first kappa shape index (κ1) is 5.46. The minimum Gasteiger partial charge on any atom is -0.389 e. The Hall–Kier alpha value is -1.32. The molecule has 2 heterocycles. The monoisotopic (exact) mass is 138 g/mol. The predicted octanol–water partition coefficient (Wildman–Crippen LogP) is -1.25. The molecule has 2 aliphatic heterocycles. The van der Waals surface area contributed by atoms with Crippen LogP contribution >= 0.6 is 0 Å². The van der Waals surface area contributed by atoms with E-state index in [-0.39, 0.29) is 17.7 Å². The van der Waals surface area contributed by atoms with Crippen molar-refractivity contribution in [1.29, 1.82) is 0 Å². The van der Waals surface area contributed by atoms with E-state index in [9.17, 15) is 9.59 Å². The van der Waals surface area contributed by atoms with Crippen molar-refractivity contribution >= 4 is 11.8 Å². The molecule has 1 atom stereocenters. The minimum atomic E-state index is -0.250. The first-order chi connectivity index (χ1) is 4.79. The van der Waals surface area contributed by atoms with Gasteiger partial charge in [0.1, 0.15) is 0 Å². The van der Waals surface area contributed by atoms with E-state index in [0.717, 1.165) is 0 Å². The molecule has 2 rings (SSSR count). The van der Waals surface area contributed by atoms with Gasteiger partial charge in [0.05, 0.1) is 5.92 Å². The first-order valence-corrected chi connectivity index (χ1v) is 3.07. The van der Waals surface area contributed by atoms with E-state index in [1.165, 1.54) is 0 Å². The maximum Gasteiger partial charge on any atom is 0.256 e. The summed E-state index contributed by atoms with van der Waals surface area (Å²) in [6.45, 7) is 0.562. The first-order valence-electron chi connectivity index (χ1n) is 3.07. The Labute approximate surface area is 57.3 Å². The number of carbonyl (C=O) groups is 2. The van der Waals surface area contributed by atoms with Crippen molar-refractivity contribution in [2.45, 2.75) is 0 Å². The quantitative estimate of drug-likeness (QED) is 0.411. The molecule has 52 valence electrons. The van der Waals surface area contributed by atoms with E-state index in [2.05, 4.69) is 10.6 Å². The Morgan fingerprint density at radius 1 is 1.50 bits per heavy atom. The molecule has 0 saturated carbocycles. The molecule has 2 N–H and O–H groups in total. The molecule has 1 saturated heterocycles. The Morgan fingerprint density at radius 2 is 2.30 bits per heavy atom. The van der Waals surface area contributed by atoms with Crippen LogP contribution in [0.2, 0.25) is 0 Å². The van der Waals surface area contributed by atoms with Crippen LogP contribution in [-0.2, 0) is 9.59 Å². The van der Waals surface area contributed by atoms with Gasteiger partial charge in [-0.2, -0.15) is 0 Å². The van der Waals surface area contributed by atoms with Gasteiger partial charge < -0.3 is 5.32 Å². The lowest BCUT2D eigenvalue weighted by atomic mass is 10.1. The fourth-order valence-corrected chi connectivity index (χ4v) is 1.23. The second kappa shape index (κ2) is 1.59. The average molecular weight is 138 g/mol. The normalized spacial score (nSPS) is 29.2. The Kier molecular flexibility index (Phi) is 0.869. The second-order valence-corrected chi connectivity index (χ2v) is 2.38. The number of rotatable bonds is 0. The molecule has 2 amide bonds. The van der Waals surface area contributed by atoms with E-state index in [1.807, 2.05) is 0 Å². The highest BCUT2D eigenvalue weighted by Crippen LogP contribution is 2.20. The maximum atomic E-state index is 10.9. The summed E-state index contributed by atoms with van der Waals surface area (Å²) in [4.78, 5) is 21.7. The fraction of sp³-hybridized carbons (Fsp3) is 0.333.